The number of pyridine rings is 1. The van der Waals surface area contributed by atoms with Gasteiger partial charge in [0, 0.05) is 31.9 Å². The lowest BCUT2D eigenvalue weighted by Crippen LogP contribution is -2.50. The van der Waals surface area contributed by atoms with Crippen LogP contribution >= 0.6 is 0 Å². The Hall–Kier alpha value is -1.66. The molecule has 0 bridgehead atoms. The zero-order valence-corrected chi connectivity index (χ0v) is 16.6. The van der Waals surface area contributed by atoms with Crippen molar-refractivity contribution in [2.75, 3.05) is 32.7 Å². The van der Waals surface area contributed by atoms with Gasteiger partial charge in [0.1, 0.15) is 0 Å². The van der Waals surface area contributed by atoms with Gasteiger partial charge in [0.05, 0.1) is 18.4 Å². The van der Waals surface area contributed by atoms with Gasteiger partial charge in [0.25, 0.3) is 0 Å². The van der Waals surface area contributed by atoms with Crippen LogP contribution in [0.1, 0.15) is 51.1 Å². The molecule has 0 aliphatic carbocycles. The summed E-state index contributed by atoms with van der Waals surface area (Å²) in [7, 11) is 0. The minimum absolute atomic E-state index is 0.0774. The van der Waals surface area contributed by atoms with Crippen molar-refractivity contribution < 1.29 is 9.53 Å². The molecule has 150 valence electrons. The van der Waals surface area contributed by atoms with Crippen molar-refractivity contribution in [1.82, 2.24) is 20.1 Å². The highest BCUT2D eigenvalue weighted by Crippen LogP contribution is 2.16. The van der Waals surface area contributed by atoms with E-state index in [1.165, 1.54) is 32.4 Å². The number of amides is 2. The second-order valence-electron chi connectivity index (χ2n) is 7.66. The summed E-state index contributed by atoms with van der Waals surface area (Å²) in [5, 5.41) is 3.17. The molecule has 0 saturated carbocycles. The average Bonchev–Trinajstić information content (AvgIpc) is 2.74. The summed E-state index contributed by atoms with van der Waals surface area (Å²) in [4.78, 5) is 21.3. The number of aromatic nitrogens is 1. The van der Waals surface area contributed by atoms with Gasteiger partial charge in [-0.15, -0.1) is 0 Å². The molecule has 0 radical (unpaired) electrons. The summed E-state index contributed by atoms with van der Waals surface area (Å²) < 4.78 is 5.96. The Bertz CT molecular complexity index is 555. The minimum atomic E-state index is 0.0774. The summed E-state index contributed by atoms with van der Waals surface area (Å²) in [6.45, 7) is 7.40. The lowest BCUT2D eigenvalue weighted by atomic mass is 10.1. The van der Waals surface area contributed by atoms with Crippen LogP contribution in [0, 0.1) is 0 Å². The molecule has 6 nitrogen and oxygen atoms in total. The Morgan fingerprint density at radius 3 is 2.67 bits per heavy atom. The Kier molecular flexibility index (Phi) is 7.90. The van der Waals surface area contributed by atoms with Crippen LogP contribution in [0.4, 0.5) is 4.79 Å². The monoisotopic (exact) mass is 374 g/mol. The zero-order valence-electron chi connectivity index (χ0n) is 16.6. The predicted octanol–water partition coefficient (Wildman–Crippen LogP) is 3.04. The fraction of sp³-hybridized carbons (Fsp3) is 0.714. The van der Waals surface area contributed by atoms with Gasteiger partial charge in [-0.25, -0.2) is 4.79 Å². The van der Waals surface area contributed by atoms with Crippen LogP contribution in [0.25, 0.3) is 0 Å². The van der Waals surface area contributed by atoms with Gasteiger partial charge in [-0.05, 0) is 57.3 Å². The SMILES string of the molecule is CC[C@@H](CNC(=O)N1CCC(OCc2ccccn2)CC1)N1CCCCC1. The number of hydrogen-bond donors (Lipinski definition) is 1. The van der Waals surface area contributed by atoms with Gasteiger partial charge in [-0.1, -0.05) is 19.4 Å². The lowest BCUT2D eigenvalue weighted by molar-refractivity contribution is 0.00294. The van der Waals surface area contributed by atoms with Crippen LogP contribution < -0.4 is 5.32 Å². The predicted molar refractivity (Wildman–Crippen MR) is 107 cm³/mol. The Morgan fingerprint density at radius 1 is 1.22 bits per heavy atom. The van der Waals surface area contributed by atoms with Gasteiger partial charge in [0.2, 0.25) is 0 Å². The van der Waals surface area contributed by atoms with Gasteiger partial charge in [-0.3, -0.25) is 9.88 Å². The molecular weight excluding hydrogens is 340 g/mol. The van der Waals surface area contributed by atoms with Crippen LogP contribution in [0.3, 0.4) is 0 Å². The number of urea groups is 1. The van der Waals surface area contributed by atoms with Gasteiger partial charge in [-0.2, -0.15) is 0 Å². The first kappa shape index (κ1) is 20.1. The summed E-state index contributed by atoms with van der Waals surface area (Å²) >= 11 is 0. The summed E-state index contributed by atoms with van der Waals surface area (Å²) in [5.41, 5.74) is 0.959. The highest BCUT2D eigenvalue weighted by molar-refractivity contribution is 5.74. The number of carbonyl (C=O) groups excluding carboxylic acids is 1. The van der Waals surface area contributed by atoms with E-state index in [9.17, 15) is 4.79 Å². The van der Waals surface area contributed by atoms with E-state index in [0.29, 0.717) is 12.6 Å². The van der Waals surface area contributed by atoms with Crippen molar-refractivity contribution in [3.05, 3.63) is 30.1 Å². The van der Waals surface area contributed by atoms with Crippen molar-refractivity contribution in [1.29, 1.82) is 0 Å². The quantitative estimate of drug-likeness (QED) is 0.797. The van der Waals surface area contributed by atoms with E-state index in [0.717, 1.165) is 44.6 Å². The van der Waals surface area contributed by atoms with Gasteiger partial charge < -0.3 is 15.0 Å². The lowest BCUT2D eigenvalue weighted by Gasteiger charge is -2.35. The molecule has 2 amide bonds. The second-order valence-corrected chi connectivity index (χ2v) is 7.66. The van der Waals surface area contributed by atoms with E-state index in [4.69, 9.17) is 4.74 Å². The normalized spacial score (nSPS) is 20.4. The Labute approximate surface area is 163 Å². The van der Waals surface area contributed by atoms with E-state index < -0.39 is 0 Å². The molecule has 1 atom stereocenters. The third-order valence-corrected chi connectivity index (χ3v) is 5.79. The second kappa shape index (κ2) is 10.6. The Balaban J connectivity index is 1.35. The first-order chi connectivity index (χ1) is 13.3. The smallest absolute Gasteiger partial charge is 0.317 e. The topological polar surface area (TPSA) is 57.7 Å². The maximum absolute atomic E-state index is 12.5. The van der Waals surface area contributed by atoms with E-state index in [2.05, 4.69) is 22.1 Å². The number of piperidine rings is 2. The zero-order chi connectivity index (χ0) is 18.9. The minimum Gasteiger partial charge on any atom is -0.372 e. The number of likely N-dealkylation sites (tertiary alicyclic amines) is 2. The molecule has 1 aromatic heterocycles. The maximum atomic E-state index is 12.5. The van der Waals surface area contributed by atoms with Crippen molar-refractivity contribution in [3.63, 3.8) is 0 Å². The maximum Gasteiger partial charge on any atom is 0.317 e. The molecule has 2 aliphatic heterocycles. The van der Waals surface area contributed by atoms with Crippen molar-refractivity contribution in [2.24, 2.45) is 0 Å². The highest BCUT2D eigenvalue weighted by atomic mass is 16.5. The van der Waals surface area contributed by atoms with E-state index in [-0.39, 0.29) is 12.1 Å². The van der Waals surface area contributed by atoms with Crippen LogP contribution in [-0.4, -0.2) is 65.7 Å². The molecule has 2 aliphatic rings. The van der Waals surface area contributed by atoms with Crippen LogP contribution in [-0.2, 0) is 11.3 Å². The van der Waals surface area contributed by atoms with Crippen molar-refractivity contribution in [2.45, 2.75) is 64.2 Å². The molecule has 3 rings (SSSR count). The molecule has 0 unspecified atom stereocenters. The molecule has 6 heteroatoms. The Morgan fingerprint density at radius 2 is 2.00 bits per heavy atom. The number of ether oxygens (including phenoxy) is 1. The molecule has 1 aromatic rings. The molecule has 27 heavy (non-hydrogen) atoms. The fourth-order valence-electron chi connectivity index (χ4n) is 4.04. The molecule has 2 saturated heterocycles. The summed E-state index contributed by atoms with van der Waals surface area (Å²) in [6, 6.07) is 6.41. The molecular formula is C21H34N4O2. The van der Waals surface area contributed by atoms with Crippen LogP contribution in [0.5, 0.6) is 0 Å². The average molecular weight is 375 g/mol. The third-order valence-electron chi connectivity index (χ3n) is 5.79. The molecule has 3 heterocycles. The molecule has 0 spiro atoms. The van der Waals surface area contributed by atoms with Gasteiger partial charge in [0.15, 0.2) is 0 Å². The number of nitrogens with one attached hydrogen (secondary N) is 1. The van der Waals surface area contributed by atoms with Gasteiger partial charge >= 0.3 is 6.03 Å². The largest absolute Gasteiger partial charge is 0.372 e. The summed E-state index contributed by atoms with van der Waals surface area (Å²) in [6.07, 6.45) is 8.80. The molecule has 2 fully saturated rings. The first-order valence-electron chi connectivity index (χ1n) is 10.5. The molecule has 1 N–H and O–H groups in total. The summed E-state index contributed by atoms with van der Waals surface area (Å²) in [5.74, 6) is 0. The van der Waals surface area contributed by atoms with Crippen LogP contribution in [0.2, 0.25) is 0 Å². The van der Waals surface area contributed by atoms with E-state index in [1.54, 1.807) is 6.20 Å². The molecule has 0 aromatic carbocycles. The fourth-order valence-corrected chi connectivity index (χ4v) is 4.04. The standard InChI is InChI=1S/C21H34N4O2/c1-2-19(24-12-6-3-7-13-24)16-23-21(26)25-14-9-20(10-15-25)27-17-18-8-4-5-11-22-18/h4-5,8,11,19-20H,2-3,6-7,9-10,12-17H2,1H3,(H,23,26)/t19-/m0/s1. The third kappa shape index (κ3) is 6.18. The van der Waals surface area contributed by atoms with Crippen LogP contribution in [0.15, 0.2) is 24.4 Å². The van der Waals surface area contributed by atoms with E-state index in [1.807, 2.05) is 23.1 Å². The van der Waals surface area contributed by atoms with Crippen molar-refractivity contribution in [3.8, 4) is 0 Å². The number of nitrogens with zero attached hydrogens (tertiary/aromatic N) is 3. The number of hydrogen-bond acceptors (Lipinski definition) is 4. The number of rotatable bonds is 7. The van der Waals surface area contributed by atoms with Crippen molar-refractivity contribution >= 4 is 6.03 Å². The first-order valence-corrected chi connectivity index (χ1v) is 10.5. The van der Waals surface area contributed by atoms with E-state index >= 15 is 0 Å². The highest BCUT2D eigenvalue weighted by Gasteiger charge is 2.25. The number of carbonyl (C=O) groups is 1.